The Morgan fingerprint density at radius 2 is 1.57 bits per heavy atom. The summed E-state index contributed by atoms with van der Waals surface area (Å²) in [4.78, 5) is 52.4. The second kappa shape index (κ2) is 7.52. The number of hydrogen-bond donors (Lipinski definition) is 2. The van der Waals surface area contributed by atoms with Crippen molar-refractivity contribution < 1.29 is 18.0 Å². The molecule has 2 heterocycles. The first-order chi connectivity index (χ1) is 13.2. The topological polar surface area (TPSA) is 140 Å². The summed E-state index contributed by atoms with van der Waals surface area (Å²) in [6, 6.07) is 9.26. The highest BCUT2D eigenvalue weighted by Crippen LogP contribution is 2.17. The van der Waals surface area contributed by atoms with E-state index in [9.17, 15) is 27.6 Å². The van der Waals surface area contributed by atoms with Crippen LogP contribution in [0.15, 0.2) is 44.8 Å². The van der Waals surface area contributed by atoms with Crippen LogP contribution in [0.25, 0.3) is 0 Å². The van der Waals surface area contributed by atoms with Crippen molar-refractivity contribution in [2.45, 2.75) is 18.2 Å². The Kier molecular flexibility index (Phi) is 5.29. The second-order valence-corrected chi connectivity index (χ2v) is 8.18. The number of piperazine rings is 1. The zero-order chi connectivity index (χ0) is 20.5. The number of rotatable bonds is 5. The number of benzene rings is 1. The van der Waals surface area contributed by atoms with Crippen molar-refractivity contribution in [1.82, 2.24) is 19.2 Å². The van der Waals surface area contributed by atoms with Gasteiger partial charge in [-0.1, -0.05) is 30.3 Å². The number of aromatic nitrogens is 2. The van der Waals surface area contributed by atoms with Gasteiger partial charge >= 0.3 is 5.69 Å². The predicted molar refractivity (Wildman–Crippen MR) is 98.0 cm³/mol. The van der Waals surface area contributed by atoms with Gasteiger partial charge < -0.3 is 4.98 Å². The van der Waals surface area contributed by atoms with E-state index in [0.717, 1.165) is 10.5 Å². The quantitative estimate of drug-likeness (QED) is 0.609. The molecule has 10 nitrogen and oxygen atoms in total. The van der Waals surface area contributed by atoms with Crippen LogP contribution in [-0.2, 0) is 26.0 Å². The fourth-order valence-corrected chi connectivity index (χ4v) is 4.54. The predicted octanol–water partition coefficient (Wildman–Crippen LogP) is -1.03. The van der Waals surface area contributed by atoms with Crippen molar-refractivity contribution in [3.8, 4) is 0 Å². The number of H-pyrrole nitrogens is 2. The van der Waals surface area contributed by atoms with Crippen molar-refractivity contribution >= 4 is 21.8 Å². The summed E-state index contributed by atoms with van der Waals surface area (Å²) >= 11 is 0. The zero-order valence-corrected chi connectivity index (χ0v) is 15.8. The first-order valence-corrected chi connectivity index (χ1v) is 9.84. The molecule has 2 amide bonds. The number of nitrogens with one attached hydrogen (secondary N) is 2. The van der Waals surface area contributed by atoms with E-state index in [4.69, 9.17) is 0 Å². The molecule has 2 aromatic rings. The molecule has 0 saturated carbocycles. The Bertz CT molecular complexity index is 1120. The molecule has 0 unspecified atom stereocenters. The molecule has 1 aliphatic heterocycles. The minimum atomic E-state index is -4.45. The van der Waals surface area contributed by atoms with E-state index >= 15 is 0 Å². The van der Waals surface area contributed by atoms with Gasteiger partial charge in [0.15, 0.2) is 4.90 Å². The Labute approximate surface area is 159 Å². The lowest BCUT2D eigenvalue weighted by molar-refractivity contribution is -0.149. The Hall–Kier alpha value is -3.05. The van der Waals surface area contributed by atoms with Crippen molar-refractivity contribution in [1.29, 1.82) is 0 Å². The van der Waals surface area contributed by atoms with Gasteiger partial charge in [-0.05, 0) is 18.9 Å². The lowest BCUT2D eigenvalue weighted by Crippen LogP contribution is -2.56. The minimum Gasteiger partial charge on any atom is -0.310 e. The molecule has 148 valence electrons. The summed E-state index contributed by atoms with van der Waals surface area (Å²) in [6.07, 6.45) is 0.448. The Balaban J connectivity index is 1.80. The normalized spacial score (nSPS) is 15.8. The summed E-state index contributed by atoms with van der Waals surface area (Å²) in [5.74, 6) is -1.34. The molecule has 0 atom stereocenters. The average molecular weight is 406 g/mol. The third-order valence-corrected chi connectivity index (χ3v) is 6.31. The van der Waals surface area contributed by atoms with Gasteiger partial charge in [-0.15, -0.1) is 0 Å². The summed E-state index contributed by atoms with van der Waals surface area (Å²) in [6.45, 7) is 0.249. The molecular formula is C17H18N4O6S. The lowest BCUT2D eigenvalue weighted by atomic mass is 10.1. The van der Waals surface area contributed by atoms with E-state index in [1.807, 2.05) is 35.3 Å². The van der Waals surface area contributed by atoms with E-state index in [1.54, 1.807) is 0 Å². The number of carbonyl (C=O) groups is 2. The van der Waals surface area contributed by atoms with E-state index in [-0.39, 0.29) is 12.2 Å². The lowest BCUT2D eigenvalue weighted by Gasteiger charge is -2.32. The monoisotopic (exact) mass is 406 g/mol. The van der Waals surface area contributed by atoms with E-state index in [0.29, 0.717) is 10.7 Å². The molecule has 1 saturated heterocycles. The number of aryl methyl sites for hydroxylation is 1. The summed E-state index contributed by atoms with van der Waals surface area (Å²) in [5, 5.41) is 0. The number of aromatic amines is 2. The van der Waals surface area contributed by atoms with Gasteiger partial charge in [0.1, 0.15) is 0 Å². The zero-order valence-electron chi connectivity index (χ0n) is 15.0. The number of carbonyl (C=O) groups excluding carboxylic acids is 2. The maximum Gasteiger partial charge on any atom is 0.325 e. The van der Waals surface area contributed by atoms with Gasteiger partial charge in [-0.3, -0.25) is 24.3 Å². The van der Waals surface area contributed by atoms with E-state index in [1.165, 1.54) is 6.92 Å². The van der Waals surface area contributed by atoms with Crippen LogP contribution >= 0.6 is 0 Å². The largest absolute Gasteiger partial charge is 0.325 e. The standard InChI is InChI=1S/C17H18N4O6S/c1-11-15(16(24)19-17(25)18-11)28(26,27)20-9-13(22)21(14(23)10-20)8-7-12-5-3-2-4-6-12/h2-6H,7-10H2,1H3,(H2,18,19,24,25). The van der Waals surface area contributed by atoms with E-state index < -0.39 is 51.1 Å². The molecule has 0 radical (unpaired) electrons. The van der Waals surface area contributed by atoms with Gasteiger partial charge in [0.05, 0.1) is 13.1 Å². The molecule has 1 aromatic carbocycles. The molecule has 0 bridgehead atoms. The fourth-order valence-electron chi connectivity index (χ4n) is 3.00. The van der Waals surface area contributed by atoms with Crippen LogP contribution in [0.3, 0.4) is 0 Å². The maximum atomic E-state index is 12.8. The molecule has 1 aromatic heterocycles. The van der Waals surface area contributed by atoms with Crippen LogP contribution in [0, 0.1) is 6.92 Å². The molecule has 2 N–H and O–H groups in total. The van der Waals surface area contributed by atoms with Crippen LogP contribution in [-0.4, -0.2) is 59.0 Å². The number of imide groups is 1. The first-order valence-electron chi connectivity index (χ1n) is 8.40. The van der Waals surface area contributed by atoms with Gasteiger partial charge in [0.25, 0.3) is 15.6 Å². The number of amides is 2. The van der Waals surface area contributed by atoms with Crippen LogP contribution in [0.2, 0.25) is 0 Å². The van der Waals surface area contributed by atoms with Crippen LogP contribution in [0.1, 0.15) is 11.3 Å². The first kappa shape index (κ1) is 19.7. The molecule has 1 aliphatic rings. The second-order valence-electron chi connectivity index (χ2n) is 6.31. The van der Waals surface area contributed by atoms with Crippen molar-refractivity contribution in [3.05, 3.63) is 62.4 Å². The van der Waals surface area contributed by atoms with Gasteiger partial charge in [0.2, 0.25) is 11.8 Å². The van der Waals surface area contributed by atoms with Crippen molar-refractivity contribution in [2.24, 2.45) is 0 Å². The molecular weight excluding hydrogens is 388 g/mol. The van der Waals surface area contributed by atoms with Gasteiger partial charge in [0, 0.05) is 12.2 Å². The molecule has 28 heavy (non-hydrogen) atoms. The van der Waals surface area contributed by atoms with Crippen LogP contribution < -0.4 is 11.2 Å². The highest BCUT2D eigenvalue weighted by molar-refractivity contribution is 7.89. The SMILES string of the molecule is Cc1[nH]c(=O)[nH]c(=O)c1S(=O)(=O)N1CC(=O)N(CCc2ccccc2)C(=O)C1. The molecule has 0 aliphatic carbocycles. The molecule has 1 fully saturated rings. The maximum absolute atomic E-state index is 12.8. The average Bonchev–Trinajstić information content (AvgIpc) is 2.60. The smallest absolute Gasteiger partial charge is 0.310 e. The summed E-state index contributed by atoms with van der Waals surface area (Å²) in [5.41, 5.74) is -1.18. The molecule has 11 heteroatoms. The highest BCUT2D eigenvalue weighted by Gasteiger charge is 2.39. The summed E-state index contributed by atoms with van der Waals surface area (Å²) in [7, 11) is -4.45. The highest BCUT2D eigenvalue weighted by atomic mass is 32.2. The van der Waals surface area contributed by atoms with Crippen molar-refractivity contribution in [2.75, 3.05) is 19.6 Å². The van der Waals surface area contributed by atoms with Crippen LogP contribution in [0.5, 0.6) is 0 Å². The summed E-state index contributed by atoms with van der Waals surface area (Å²) < 4.78 is 26.2. The minimum absolute atomic E-state index is 0.133. The van der Waals surface area contributed by atoms with Crippen molar-refractivity contribution in [3.63, 3.8) is 0 Å². The van der Waals surface area contributed by atoms with Gasteiger partial charge in [-0.25, -0.2) is 13.2 Å². The Morgan fingerprint density at radius 1 is 0.964 bits per heavy atom. The third-order valence-electron chi connectivity index (χ3n) is 4.37. The van der Waals surface area contributed by atoms with Crippen LogP contribution in [0.4, 0.5) is 0 Å². The number of nitrogens with zero attached hydrogens (tertiary/aromatic N) is 2. The molecule has 3 rings (SSSR count). The Morgan fingerprint density at radius 3 is 2.14 bits per heavy atom. The number of hydrogen-bond acceptors (Lipinski definition) is 6. The third kappa shape index (κ3) is 3.80. The molecule has 0 spiro atoms. The number of sulfonamides is 1. The van der Waals surface area contributed by atoms with Gasteiger partial charge in [-0.2, -0.15) is 4.31 Å². The fraction of sp³-hybridized carbons (Fsp3) is 0.294. The van der Waals surface area contributed by atoms with E-state index in [2.05, 4.69) is 4.98 Å².